The molecule has 2 heterocycles. The van der Waals surface area contributed by atoms with Crippen molar-refractivity contribution in [2.24, 2.45) is 0 Å². The van der Waals surface area contributed by atoms with Crippen LogP contribution in [0, 0.1) is 0 Å². The van der Waals surface area contributed by atoms with Gasteiger partial charge in [0.25, 0.3) is 0 Å². The minimum Gasteiger partial charge on any atom is -0.449 e. The highest BCUT2D eigenvalue weighted by molar-refractivity contribution is 6.10. The lowest BCUT2D eigenvalue weighted by atomic mass is 10.1. The Kier molecular flexibility index (Phi) is 2.35. The van der Waals surface area contributed by atoms with Crippen LogP contribution in [0.1, 0.15) is 0 Å². The average molecular weight is 323 g/mol. The second kappa shape index (κ2) is 4.54. The minimum atomic E-state index is 0.738. The maximum atomic E-state index is 6.38. The second-order valence-corrected chi connectivity index (χ2v) is 6.30. The molecule has 3 nitrogen and oxygen atoms in total. The van der Waals surface area contributed by atoms with E-state index in [0.717, 1.165) is 50.2 Å². The molecule has 1 aromatic heterocycles. The molecule has 0 radical (unpaired) electrons. The third kappa shape index (κ3) is 1.69. The van der Waals surface area contributed by atoms with E-state index < -0.39 is 0 Å². The van der Waals surface area contributed by atoms with E-state index in [4.69, 9.17) is 9.47 Å². The average Bonchev–Trinajstić information content (AvgIpc) is 3.05. The molecule has 118 valence electrons. The number of rotatable bonds is 0. The first-order valence-electron chi connectivity index (χ1n) is 8.29. The maximum Gasteiger partial charge on any atom is 0.194 e. The second-order valence-electron chi connectivity index (χ2n) is 6.30. The predicted octanol–water partition coefficient (Wildman–Crippen LogP) is 6.37. The van der Waals surface area contributed by atoms with Crippen molar-refractivity contribution in [1.82, 2.24) is 4.98 Å². The van der Waals surface area contributed by atoms with Crippen molar-refractivity contribution < 1.29 is 9.47 Å². The van der Waals surface area contributed by atoms with Crippen molar-refractivity contribution in [3.05, 3.63) is 72.8 Å². The number of hydrogen-bond donors (Lipinski definition) is 1. The molecule has 0 spiro atoms. The van der Waals surface area contributed by atoms with E-state index in [0.29, 0.717) is 0 Å². The van der Waals surface area contributed by atoms with Crippen LogP contribution in [0.3, 0.4) is 0 Å². The van der Waals surface area contributed by atoms with Gasteiger partial charge in [-0.3, -0.25) is 0 Å². The van der Waals surface area contributed by atoms with E-state index >= 15 is 0 Å². The summed E-state index contributed by atoms with van der Waals surface area (Å²) in [6.07, 6.45) is 0. The Morgan fingerprint density at radius 2 is 1.32 bits per heavy atom. The van der Waals surface area contributed by atoms with E-state index in [9.17, 15) is 0 Å². The van der Waals surface area contributed by atoms with Crippen LogP contribution in [-0.4, -0.2) is 4.98 Å². The van der Waals surface area contributed by atoms with Crippen LogP contribution < -0.4 is 9.47 Å². The summed E-state index contributed by atoms with van der Waals surface area (Å²) in [6, 6.07) is 24.6. The van der Waals surface area contributed by atoms with Gasteiger partial charge in [-0.1, -0.05) is 48.5 Å². The van der Waals surface area contributed by atoms with Gasteiger partial charge in [0.1, 0.15) is 0 Å². The molecule has 3 heteroatoms. The number of aromatic nitrogens is 1. The fraction of sp³-hybridized carbons (Fsp3) is 0. The van der Waals surface area contributed by atoms with Crippen molar-refractivity contribution in [3.63, 3.8) is 0 Å². The number of hydrogen-bond acceptors (Lipinski definition) is 2. The van der Waals surface area contributed by atoms with Gasteiger partial charge in [-0.25, -0.2) is 0 Å². The maximum absolute atomic E-state index is 6.38. The summed E-state index contributed by atoms with van der Waals surface area (Å²) in [4.78, 5) is 3.48. The van der Waals surface area contributed by atoms with Crippen molar-refractivity contribution in [2.75, 3.05) is 0 Å². The van der Waals surface area contributed by atoms with Gasteiger partial charge in [0.15, 0.2) is 23.0 Å². The van der Waals surface area contributed by atoms with Crippen molar-refractivity contribution in [3.8, 4) is 23.0 Å². The van der Waals surface area contributed by atoms with Gasteiger partial charge in [0, 0.05) is 21.7 Å². The van der Waals surface area contributed by atoms with Crippen LogP contribution in [0.2, 0.25) is 0 Å². The molecule has 0 amide bonds. The highest BCUT2D eigenvalue weighted by atomic mass is 16.6. The van der Waals surface area contributed by atoms with Crippen LogP contribution in [0.15, 0.2) is 72.8 Å². The normalized spacial score (nSPS) is 12.6. The molecule has 0 unspecified atom stereocenters. The highest BCUT2D eigenvalue weighted by Crippen LogP contribution is 2.51. The first-order chi connectivity index (χ1) is 12.4. The summed E-state index contributed by atoms with van der Waals surface area (Å²) < 4.78 is 12.5. The van der Waals surface area contributed by atoms with Crippen molar-refractivity contribution >= 4 is 32.6 Å². The van der Waals surface area contributed by atoms with Crippen LogP contribution in [0.25, 0.3) is 32.6 Å². The Bertz CT molecular complexity index is 1300. The third-order valence-electron chi connectivity index (χ3n) is 4.87. The zero-order valence-corrected chi connectivity index (χ0v) is 13.2. The number of para-hydroxylation sites is 1. The predicted molar refractivity (Wildman–Crippen MR) is 99.9 cm³/mol. The van der Waals surface area contributed by atoms with Crippen LogP contribution in [0.4, 0.5) is 0 Å². The Morgan fingerprint density at radius 3 is 2.28 bits per heavy atom. The van der Waals surface area contributed by atoms with Gasteiger partial charge in [-0.15, -0.1) is 0 Å². The Morgan fingerprint density at radius 1 is 0.560 bits per heavy atom. The first kappa shape index (κ1) is 12.9. The van der Waals surface area contributed by atoms with E-state index in [1.807, 2.05) is 30.3 Å². The van der Waals surface area contributed by atoms with E-state index in [2.05, 4.69) is 47.4 Å². The minimum absolute atomic E-state index is 0.738. The molecule has 4 aromatic carbocycles. The summed E-state index contributed by atoms with van der Waals surface area (Å²) in [5.41, 5.74) is 2.07. The topological polar surface area (TPSA) is 34.2 Å². The zero-order chi connectivity index (χ0) is 16.4. The molecule has 1 N–H and O–H groups in total. The van der Waals surface area contributed by atoms with Gasteiger partial charge in [-0.2, -0.15) is 0 Å². The smallest absolute Gasteiger partial charge is 0.194 e. The highest BCUT2D eigenvalue weighted by Gasteiger charge is 2.24. The van der Waals surface area contributed by atoms with E-state index in [-0.39, 0.29) is 0 Å². The summed E-state index contributed by atoms with van der Waals surface area (Å²) >= 11 is 0. The molecule has 0 fully saturated rings. The molecule has 25 heavy (non-hydrogen) atoms. The van der Waals surface area contributed by atoms with Gasteiger partial charge in [-0.05, 0) is 29.7 Å². The fourth-order valence-corrected chi connectivity index (χ4v) is 3.68. The van der Waals surface area contributed by atoms with Gasteiger partial charge >= 0.3 is 0 Å². The third-order valence-corrected chi connectivity index (χ3v) is 4.87. The summed E-state index contributed by atoms with van der Waals surface area (Å²) in [7, 11) is 0. The largest absolute Gasteiger partial charge is 0.449 e. The number of H-pyrrole nitrogens is 1. The molecule has 6 rings (SSSR count). The SMILES string of the molecule is c1ccc2c3c(ccc2c1)Oc1ccc2c([nH]c4ccccc42)c1O3. The molecule has 0 bridgehead atoms. The van der Waals surface area contributed by atoms with Crippen molar-refractivity contribution in [1.29, 1.82) is 0 Å². The summed E-state index contributed by atoms with van der Waals surface area (Å²) in [5.74, 6) is 3.01. The molecule has 0 saturated heterocycles. The Balaban J connectivity index is 1.66. The number of fused-ring (bicyclic) bond motifs is 8. The van der Waals surface area contributed by atoms with Gasteiger partial charge in [0.05, 0.1) is 5.52 Å². The van der Waals surface area contributed by atoms with Crippen LogP contribution >= 0.6 is 0 Å². The molecule has 1 aliphatic heterocycles. The molecule has 1 aliphatic rings. The van der Waals surface area contributed by atoms with Crippen LogP contribution in [0.5, 0.6) is 23.0 Å². The zero-order valence-electron chi connectivity index (χ0n) is 13.2. The summed E-state index contributed by atoms with van der Waals surface area (Å²) in [6.45, 7) is 0. The summed E-state index contributed by atoms with van der Waals surface area (Å²) in [5, 5.41) is 4.52. The Labute approximate surface area is 143 Å². The molecule has 0 aliphatic carbocycles. The Hall–Kier alpha value is -3.46. The first-order valence-corrected chi connectivity index (χ1v) is 8.29. The number of ether oxygens (including phenoxy) is 2. The lowest BCUT2D eigenvalue weighted by Gasteiger charge is -2.22. The lowest BCUT2D eigenvalue weighted by molar-refractivity contribution is 0.366. The standard InChI is InChI=1S/C22H13NO2/c1-2-6-14-13(5-1)9-11-18-21(14)25-22-19(24-18)12-10-16-15-7-3-4-8-17(15)23-20(16)22/h1-12,23H. The van der Waals surface area contributed by atoms with E-state index in [1.165, 1.54) is 5.39 Å². The lowest BCUT2D eigenvalue weighted by Crippen LogP contribution is -2.00. The molecule has 0 atom stereocenters. The molecule has 0 saturated carbocycles. The monoisotopic (exact) mass is 323 g/mol. The fourth-order valence-electron chi connectivity index (χ4n) is 3.68. The quantitative estimate of drug-likeness (QED) is 0.352. The molecule has 5 aromatic rings. The number of nitrogens with one attached hydrogen (secondary N) is 1. The van der Waals surface area contributed by atoms with Gasteiger partial charge in [0.2, 0.25) is 0 Å². The number of aromatic amines is 1. The van der Waals surface area contributed by atoms with Gasteiger partial charge < -0.3 is 14.5 Å². The van der Waals surface area contributed by atoms with Crippen molar-refractivity contribution in [2.45, 2.75) is 0 Å². The molecular weight excluding hydrogens is 310 g/mol. The van der Waals surface area contributed by atoms with Crippen LogP contribution in [-0.2, 0) is 0 Å². The van der Waals surface area contributed by atoms with E-state index in [1.54, 1.807) is 0 Å². The number of benzene rings is 4. The molecular formula is C22H13NO2.